The molecular formula is C17H28N2. The summed E-state index contributed by atoms with van der Waals surface area (Å²) in [7, 11) is 2.19. The fraction of sp³-hybridized carbons (Fsp3) is 0.706. The Morgan fingerprint density at radius 1 is 1.26 bits per heavy atom. The van der Waals surface area contributed by atoms with Gasteiger partial charge in [0.25, 0.3) is 0 Å². The van der Waals surface area contributed by atoms with E-state index in [1.807, 2.05) is 0 Å². The molecule has 19 heavy (non-hydrogen) atoms. The predicted molar refractivity (Wildman–Crippen MR) is 83.1 cm³/mol. The predicted octanol–water partition coefficient (Wildman–Crippen LogP) is 4.48. The quantitative estimate of drug-likeness (QED) is 0.779. The van der Waals surface area contributed by atoms with Gasteiger partial charge in [-0.2, -0.15) is 0 Å². The van der Waals surface area contributed by atoms with E-state index in [2.05, 4.69) is 59.6 Å². The van der Waals surface area contributed by atoms with Gasteiger partial charge in [-0.1, -0.05) is 27.7 Å². The zero-order chi connectivity index (χ0) is 14.3. The van der Waals surface area contributed by atoms with Gasteiger partial charge in [0.1, 0.15) is 5.82 Å². The largest absolute Gasteiger partial charge is 0.357 e. The summed E-state index contributed by atoms with van der Waals surface area (Å²) in [6.07, 6.45) is 1.24. The van der Waals surface area contributed by atoms with Crippen LogP contribution in [0.15, 0.2) is 6.07 Å². The second-order valence-electron chi connectivity index (χ2n) is 6.79. The summed E-state index contributed by atoms with van der Waals surface area (Å²) in [4.78, 5) is 7.21. The first-order chi connectivity index (χ1) is 8.82. The van der Waals surface area contributed by atoms with Crippen LogP contribution in [0.4, 0.5) is 5.82 Å². The minimum Gasteiger partial charge on any atom is -0.357 e. The van der Waals surface area contributed by atoms with Crippen LogP contribution in [0.25, 0.3) is 0 Å². The monoisotopic (exact) mass is 260 g/mol. The molecule has 1 aliphatic heterocycles. The van der Waals surface area contributed by atoms with Crippen molar-refractivity contribution in [3.63, 3.8) is 0 Å². The van der Waals surface area contributed by atoms with Crippen LogP contribution < -0.4 is 4.90 Å². The Bertz CT molecular complexity index is 463. The van der Waals surface area contributed by atoms with Crippen LogP contribution in [-0.2, 0) is 0 Å². The van der Waals surface area contributed by atoms with Crippen LogP contribution in [-0.4, -0.2) is 18.1 Å². The van der Waals surface area contributed by atoms with Gasteiger partial charge in [0, 0.05) is 24.3 Å². The number of pyridine rings is 1. The van der Waals surface area contributed by atoms with Gasteiger partial charge >= 0.3 is 0 Å². The van der Waals surface area contributed by atoms with Crippen molar-refractivity contribution in [2.24, 2.45) is 5.92 Å². The molecule has 0 bridgehead atoms. The van der Waals surface area contributed by atoms with Crippen LogP contribution in [0, 0.1) is 12.8 Å². The molecule has 2 nitrogen and oxygen atoms in total. The first-order valence-electron chi connectivity index (χ1n) is 7.57. The van der Waals surface area contributed by atoms with E-state index in [1.165, 1.54) is 23.4 Å². The highest BCUT2D eigenvalue weighted by Crippen LogP contribution is 2.44. The van der Waals surface area contributed by atoms with Crippen molar-refractivity contribution in [3.8, 4) is 0 Å². The molecule has 1 aromatic heterocycles. The van der Waals surface area contributed by atoms with E-state index in [4.69, 9.17) is 4.98 Å². The Balaban J connectivity index is 2.66. The van der Waals surface area contributed by atoms with E-state index in [9.17, 15) is 0 Å². The second kappa shape index (κ2) is 5.15. The van der Waals surface area contributed by atoms with Crippen LogP contribution in [0.3, 0.4) is 0 Å². The average molecular weight is 260 g/mol. The summed E-state index contributed by atoms with van der Waals surface area (Å²) >= 11 is 0. The fourth-order valence-electron chi connectivity index (χ4n) is 3.28. The molecule has 0 fully saturated rings. The van der Waals surface area contributed by atoms with Gasteiger partial charge in [0.2, 0.25) is 0 Å². The zero-order valence-corrected chi connectivity index (χ0v) is 13.5. The Morgan fingerprint density at radius 3 is 2.42 bits per heavy atom. The minimum absolute atomic E-state index is 0.568. The second-order valence-corrected chi connectivity index (χ2v) is 6.79. The number of nitrogens with zero attached hydrogens (tertiary/aromatic N) is 2. The lowest BCUT2D eigenvalue weighted by molar-refractivity contribution is 0.405. The van der Waals surface area contributed by atoms with E-state index in [0.29, 0.717) is 23.8 Å². The number of rotatable bonds is 2. The number of hydrogen-bond acceptors (Lipinski definition) is 2. The molecule has 106 valence electrons. The molecule has 1 aliphatic rings. The summed E-state index contributed by atoms with van der Waals surface area (Å²) in [5.41, 5.74) is 4.15. The van der Waals surface area contributed by atoms with E-state index in [0.717, 1.165) is 5.69 Å². The van der Waals surface area contributed by atoms with E-state index in [1.54, 1.807) is 0 Å². The molecule has 0 saturated heterocycles. The van der Waals surface area contributed by atoms with Crippen LogP contribution in [0.1, 0.15) is 69.7 Å². The van der Waals surface area contributed by atoms with Crippen molar-refractivity contribution in [1.29, 1.82) is 0 Å². The number of aryl methyl sites for hydroxylation is 1. The smallest absolute Gasteiger partial charge is 0.132 e. The lowest BCUT2D eigenvalue weighted by atomic mass is 9.77. The lowest BCUT2D eigenvalue weighted by Crippen LogP contribution is -2.38. The Hall–Kier alpha value is -1.05. The minimum atomic E-state index is 0.568. The highest BCUT2D eigenvalue weighted by molar-refractivity contribution is 5.57. The van der Waals surface area contributed by atoms with E-state index >= 15 is 0 Å². The van der Waals surface area contributed by atoms with Crippen molar-refractivity contribution in [1.82, 2.24) is 4.98 Å². The maximum atomic E-state index is 4.85. The highest BCUT2D eigenvalue weighted by atomic mass is 15.2. The van der Waals surface area contributed by atoms with Gasteiger partial charge in [-0.25, -0.2) is 4.98 Å². The third kappa shape index (κ3) is 2.50. The van der Waals surface area contributed by atoms with Crippen LogP contribution >= 0.6 is 0 Å². The summed E-state index contributed by atoms with van der Waals surface area (Å²) in [6, 6.07) is 2.87. The third-order valence-corrected chi connectivity index (χ3v) is 4.59. The average Bonchev–Trinajstić information content (AvgIpc) is 2.32. The zero-order valence-electron chi connectivity index (χ0n) is 13.5. The highest BCUT2D eigenvalue weighted by Gasteiger charge is 2.33. The Labute approximate surface area is 118 Å². The van der Waals surface area contributed by atoms with Gasteiger partial charge in [0.15, 0.2) is 0 Å². The first kappa shape index (κ1) is 14.4. The van der Waals surface area contributed by atoms with Gasteiger partial charge in [-0.3, -0.25) is 0 Å². The molecule has 0 radical (unpaired) electrons. The first-order valence-corrected chi connectivity index (χ1v) is 7.57. The molecule has 2 rings (SSSR count). The Morgan fingerprint density at radius 2 is 1.89 bits per heavy atom. The van der Waals surface area contributed by atoms with Crippen LogP contribution in [0.2, 0.25) is 0 Å². The third-order valence-electron chi connectivity index (χ3n) is 4.59. The molecule has 2 heteroatoms. The molecule has 0 amide bonds. The van der Waals surface area contributed by atoms with Crippen molar-refractivity contribution in [2.75, 3.05) is 11.9 Å². The molecule has 0 aromatic carbocycles. The SMILES string of the molecule is Cc1cc(C(C)C)c2c(n1)N(C)[C@H](C)CC2C(C)C. The van der Waals surface area contributed by atoms with Crippen molar-refractivity contribution < 1.29 is 0 Å². The van der Waals surface area contributed by atoms with Gasteiger partial charge in [0.05, 0.1) is 0 Å². The van der Waals surface area contributed by atoms with Crippen molar-refractivity contribution in [3.05, 3.63) is 22.9 Å². The molecule has 0 N–H and O–H groups in total. The number of fused-ring (bicyclic) bond motifs is 1. The molecule has 2 atom stereocenters. The summed E-state index contributed by atoms with van der Waals surface area (Å²) < 4.78 is 0. The number of anilines is 1. The van der Waals surface area contributed by atoms with E-state index in [-0.39, 0.29) is 0 Å². The molecular weight excluding hydrogens is 232 g/mol. The fourth-order valence-corrected chi connectivity index (χ4v) is 3.28. The summed E-state index contributed by atoms with van der Waals surface area (Å²) in [5, 5.41) is 0. The van der Waals surface area contributed by atoms with Gasteiger partial charge in [-0.05, 0) is 49.7 Å². The van der Waals surface area contributed by atoms with E-state index < -0.39 is 0 Å². The topological polar surface area (TPSA) is 16.1 Å². The maximum absolute atomic E-state index is 4.85. The van der Waals surface area contributed by atoms with Gasteiger partial charge < -0.3 is 4.90 Å². The Kier molecular flexibility index (Phi) is 3.89. The van der Waals surface area contributed by atoms with Gasteiger partial charge in [-0.15, -0.1) is 0 Å². The molecule has 0 spiro atoms. The molecule has 1 unspecified atom stereocenters. The molecule has 2 heterocycles. The number of hydrogen-bond donors (Lipinski definition) is 0. The standard InChI is InChI=1S/C17H28N2/c1-10(2)14-8-12(5)18-17-16(14)15(11(3)4)9-13(6)19(17)7/h8,10-11,13,15H,9H2,1-7H3/t13-,15?/m1/s1. The normalized spacial score (nSPS) is 23.1. The maximum Gasteiger partial charge on any atom is 0.132 e. The molecule has 1 aromatic rings. The summed E-state index contributed by atoms with van der Waals surface area (Å²) in [6.45, 7) is 13.7. The summed E-state index contributed by atoms with van der Waals surface area (Å²) in [5.74, 6) is 3.11. The van der Waals surface area contributed by atoms with Crippen molar-refractivity contribution >= 4 is 5.82 Å². The number of aromatic nitrogens is 1. The van der Waals surface area contributed by atoms with Crippen LogP contribution in [0.5, 0.6) is 0 Å². The lowest BCUT2D eigenvalue weighted by Gasteiger charge is -2.41. The van der Waals surface area contributed by atoms with Crippen molar-refractivity contribution in [2.45, 2.75) is 65.8 Å². The molecule has 0 aliphatic carbocycles. The molecule has 0 saturated carbocycles.